The third-order valence-electron chi connectivity index (χ3n) is 3.29. The lowest BCUT2D eigenvalue weighted by Crippen LogP contribution is -2.23. The first-order valence-corrected chi connectivity index (χ1v) is 7.27. The number of halogens is 5. The van der Waals surface area contributed by atoms with Crippen LogP contribution in [0.3, 0.4) is 0 Å². The van der Waals surface area contributed by atoms with Crippen molar-refractivity contribution in [2.24, 2.45) is 0 Å². The maximum atomic E-state index is 13.4. The molecule has 0 radical (unpaired) electrons. The quantitative estimate of drug-likeness (QED) is 0.355. The molecule has 0 spiro atoms. The molecule has 0 aliphatic heterocycles. The fourth-order valence-electron chi connectivity index (χ4n) is 2.07. The van der Waals surface area contributed by atoms with E-state index >= 15 is 0 Å². The van der Waals surface area contributed by atoms with E-state index in [1.807, 2.05) is 0 Å². The third kappa shape index (κ3) is 4.78. The Balaban J connectivity index is 2.13. The minimum atomic E-state index is -5.03. The topological polar surface area (TPSA) is 98.5 Å². The molecule has 148 valence electrons. The van der Waals surface area contributed by atoms with Gasteiger partial charge in [-0.1, -0.05) is 6.07 Å². The number of nitrogens with one attached hydrogen (secondary N) is 1. The normalized spacial score (nSPS) is 11.0. The zero-order valence-corrected chi connectivity index (χ0v) is 13.5. The highest BCUT2D eigenvalue weighted by Gasteiger charge is 2.35. The maximum Gasteiger partial charge on any atom is 0.418 e. The maximum absolute atomic E-state index is 13.4. The molecule has 1 amide bonds. The molecule has 0 atom stereocenters. The number of non-ortho nitro benzene ring substituents is 1. The second-order valence-electron chi connectivity index (χ2n) is 5.21. The Morgan fingerprint density at radius 3 is 2.25 bits per heavy atom. The summed E-state index contributed by atoms with van der Waals surface area (Å²) in [6, 6.07) is 4.12. The molecule has 28 heavy (non-hydrogen) atoms. The SMILES string of the molecule is O=C(COC(=O)c1c(F)cccc1F)Nc1ccc([N+](=O)[O-])cc1C(F)(F)F. The van der Waals surface area contributed by atoms with Crippen molar-refractivity contribution in [1.29, 1.82) is 0 Å². The van der Waals surface area contributed by atoms with E-state index in [0.717, 1.165) is 24.3 Å². The van der Waals surface area contributed by atoms with Crippen LogP contribution in [0.4, 0.5) is 33.3 Å². The van der Waals surface area contributed by atoms with E-state index in [0.29, 0.717) is 6.07 Å². The summed E-state index contributed by atoms with van der Waals surface area (Å²) < 4.78 is 70.3. The van der Waals surface area contributed by atoms with Gasteiger partial charge in [0.2, 0.25) is 0 Å². The van der Waals surface area contributed by atoms with Gasteiger partial charge in [-0.05, 0) is 18.2 Å². The summed E-state index contributed by atoms with van der Waals surface area (Å²) in [5.74, 6) is -5.30. The van der Waals surface area contributed by atoms with Gasteiger partial charge in [0.05, 0.1) is 16.2 Å². The number of rotatable bonds is 5. The molecule has 1 N–H and O–H groups in total. The Kier molecular flexibility index (Phi) is 5.91. The molecule has 12 heteroatoms. The van der Waals surface area contributed by atoms with Crippen LogP contribution in [-0.4, -0.2) is 23.4 Å². The Labute approximate surface area is 152 Å². The monoisotopic (exact) mass is 404 g/mol. The number of hydrogen-bond donors (Lipinski definition) is 1. The summed E-state index contributed by atoms with van der Waals surface area (Å²) in [5, 5.41) is 12.4. The second kappa shape index (κ2) is 7.98. The van der Waals surface area contributed by atoms with Crippen molar-refractivity contribution in [3.05, 3.63) is 69.3 Å². The Morgan fingerprint density at radius 2 is 1.71 bits per heavy atom. The van der Waals surface area contributed by atoms with Crippen molar-refractivity contribution in [2.75, 3.05) is 11.9 Å². The summed E-state index contributed by atoms with van der Waals surface area (Å²) in [4.78, 5) is 33.0. The van der Waals surface area contributed by atoms with Gasteiger partial charge in [-0.3, -0.25) is 14.9 Å². The van der Waals surface area contributed by atoms with Crippen molar-refractivity contribution < 1.29 is 41.2 Å². The standard InChI is InChI=1S/C16H9F5N2O5/c17-10-2-1-3-11(18)14(10)15(25)28-7-13(24)22-12-5-4-8(23(26)27)6-9(12)16(19,20)21/h1-6H,7H2,(H,22,24). The molecule has 0 fully saturated rings. The number of hydrogen-bond acceptors (Lipinski definition) is 5. The Bertz CT molecular complexity index is 925. The molecule has 0 saturated carbocycles. The van der Waals surface area contributed by atoms with Gasteiger partial charge < -0.3 is 10.1 Å². The molecule has 0 saturated heterocycles. The minimum Gasteiger partial charge on any atom is -0.452 e. The molecule has 0 bridgehead atoms. The highest BCUT2D eigenvalue weighted by molar-refractivity contribution is 5.96. The van der Waals surface area contributed by atoms with E-state index in [9.17, 15) is 41.7 Å². The van der Waals surface area contributed by atoms with E-state index in [4.69, 9.17) is 0 Å². The molecular weight excluding hydrogens is 395 g/mol. The fourth-order valence-corrected chi connectivity index (χ4v) is 2.07. The summed E-state index contributed by atoms with van der Waals surface area (Å²) in [5.41, 5.74) is -4.24. The fraction of sp³-hybridized carbons (Fsp3) is 0.125. The van der Waals surface area contributed by atoms with Gasteiger partial charge in [0.1, 0.15) is 17.2 Å². The third-order valence-corrected chi connectivity index (χ3v) is 3.29. The largest absolute Gasteiger partial charge is 0.452 e. The van der Waals surface area contributed by atoms with Crippen LogP contribution in [-0.2, 0) is 15.7 Å². The van der Waals surface area contributed by atoms with Gasteiger partial charge in [0, 0.05) is 12.1 Å². The van der Waals surface area contributed by atoms with Crippen LogP contribution in [0.1, 0.15) is 15.9 Å². The van der Waals surface area contributed by atoms with E-state index in [-0.39, 0.29) is 6.07 Å². The van der Waals surface area contributed by atoms with Gasteiger partial charge in [0.25, 0.3) is 11.6 Å². The van der Waals surface area contributed by atoms with Crippen molar-refractivity contribution in [2.45, 2.75) is 6.18 Å². The molecule has 7 nitrogen and oxygen atoms in total. The van der Waals surface area contributed by atoms with Crippen LogP contribution in [0.25, 0.3) is 0 Å². The molecule has 0 aromatic heterocycles. The lowest BCUT2D eigenvalue weighted by Gasteiger charge is -2.13. The summed E-state index contributed by atoms with van der Waals surface area (Å²) in [6.45, 7) is -1.15. The van der Waals surface area contributed by atoms with E-state index < -0.39 is 63.7 Å². The predicted octanol–water partition coefficient (Wildman–Crippen LogP) is 3.69. The van der Waals surface area contributed by atoms with Crippen LogP contribution in [0.15, 0.2) is 36.4 Å². The number of nitro benzene ring substituents is 1. The highest BCUT2D eigenvalue weighted by Crippen LogP contribution is 2.37. The Hall–Kier alpha value is -3.57. The van der Waals surface area contributed by atoms with Crippen LogP contribution in [0, 0.1) is 21.7 Å². The lowest BCUT2D eigenvalue weighted by atomic mass is 10.1. The van der Waals surface area contributed by atoms with Gasteiger partial charge in [-0.15, -0.1) is 0 Å². The van der Waals surface area contributed by atoms with Gasteiger partial charge in [0.15, 0.2) is 6.61 Å². The van der Waals surface area contributed by atoms with Crippen LogP contribution in [0.5, 0.6) is 0 Å². The number of carbonyl (C=O) groups is 2. The van der Waals surface area contributed by atoms with Crippen molar-refractivity contribution in [3.63, 3.8) is 0 Å². The minimum absolute atomic E-state index is 0.219. The van der Waals surface area contributed by atoms with Gasteiger partial charge in [-0.25, -0.2) is 13.6 Å². The van der Waals surface area contributed by atoms with Crippen LogP contribution < -0.4 is 5.32 Å². The highest BCUT2D eigenvalue weighted by atomic mass is 19.4. The second-order valence-corrected chi connectivity index (χ2v) is 5.21. The number of alkyl halides is 3. The average molecular weight is 404 g/mol. The van der Waals surface area contributed by atoms with Crippen molar-refractivity contribution in [3.8, 4) is 0 Å². The number of ether oxygens (including phenoxy) is 1. The van der Waals surface area contributed by atoms with E-state index in [2.05, 4.69) is 4.74 Å². The summed E-state index contributed by atoms with van der Waals surface area (Å²) in [6.07, 6.45) is -5.03. The number of nitrogens with zero attached hydrogens (tertiary/aromatic N) is 1. The number of esters is 1. The van der Waals surface area contributed by atoms with E-state index in [1.54, 1.807) is 5.32 Å². The molecule has 2 aromatic rings. The first-order chi connectivity index (χ1) is 13.0. The van der Waals surface area contributed by atoms with Gasteiger partial charge in [-0.2, -0.15) is 13.2 Å². The number of amides is 1. The lowest BCUT2D eigenvalue weighted by molar-refractivity contribution is -0.385. The molecule has 0 unspecified atom stereocenters. The number of anilines is 1. The van der Waals surface area contributed by atoms with Crippen molar-refractivity contribution in [1.82, 2.24) is 0 Å². The number of benzene rings is 2. The predicted molar refractivity (Wildman–Crippen MR) is 83.4 cm³/mol. The summed E-state index contributed by atoms with van der Waals surface area (Å²) in [7, 11) is 0. The molecular formula is C16H9F5N2O5. The zero-order valence-electron chi connectivity index (χ0n) is 13.5. The molecule has 0 aliphatic carbocycles. The first-order valence-electron chi connectivity index (χ1n) is 7.27. The molecule has 0 aliphatic rings. The van der Waals surface area contributed by atoms with E-state index in [1.165, 1.54) is 0 Å². The molecule has 0 heterocycles. The first kappa shape index (κ1) is 20.7. The molecule has 2 rings (SSSR count). The van der Waals surface area contributed by atoms with Crippen LogP contribution in [0.2, 0.25) is 0 Å². The molecule has 2 aromatic carbocycles. The van der Waals surface area contributed by atoms with Gasteiger partial charge >= 0.3 is 12.1 Å². The number of nitro groups is 1. The smallest absolute Gasteiger partial charge is 0.418 e. The van der Waals surface area contributed by atoms with Crippen molar-refractivity contribution >= 4 is 23.3 Å². The van der Waals surface area contributed by atoms with Crippen LogP contribution >= 0.6 is 0 Å². The summed E-state index contributed by atoms with van der Waals surface area (Å²) >= 11 is 0. The Morgan fingerprint density at radius 1 is 1.11 bits per heavy atom. The average Bonchev–Trinajstić information content (AvgIpc) is 2.59. The number of carbonyl (C=O) groups excluding carboxylic acids is 2. The zero-order chi connectivity index (χ0) is 21.1.